The summed E-state index contributed by atoms with van der Waals surface area (Å²) in [5, 5.41) is 5.43. The first-order valence-electron chi connectivity index (χ1n) is 4.70. The van der Waals surface area contributed by atoms with Crippen LogP contribution < -0.4 is 10.1 Å². The number of methoxy groups -OCH3 is 1. The van der Waals surface area contributed by atoms with E-state index in [1.54, 1.807) is 18.4 Å². The molecule has 1 heterocycles. The third-order valence-electron chi connectivity index (χ3n) is 2.04. The molecule has 0 amide bonds. The number of hydrogen-bond acceptors (Lipinski definition) is 3. The van der Waals surface area contributed by atoms with Crippen LogP contribution in [0.5, 0.6) is 5.75 Å². The summed E-state index contributed by atoms with van der Waals surface area (Å²) in [6.07, 6.45) is 0. The van der Waals surface area contributed by atoms with Crippen molar-refractivity contribution in [3.8, 4) is 5.75 Å². The summed E-state index contributed by atoms with van der Waals surface area (Å²) >= 11 is 1.70. The van der Waals surface area contributed by atoms with Crippen molar-refractivity contribution in [2.24, 2.45) is 0 Å². The number of rotatable bonds is 5. The molecule has 0 fully saturated rings. The van der Waals surface area contributed by atoms with E-state index in [9.17, 15) is 0 Å². The highest BCUT2D eigenvalue weighted by Crippen LogP contribution is 2.33. The molecule has 0 aliphatic heterocycles. The summed E-state index contributed by atoms with van der Waals surface area (Å²) in [5.74, 6) is 0.948. The molecule has 0 aliphatic carbocycles. The van der Waals surface area contributed by atoms with Crippen molar-refractivity contribution >= 4 is 11.3 Å². The average Bonchev–Trinajstić information content (AvgIpc) is 2.61. The van der Waals surface area contributed by atoms with Crippen LogP contribution in [0.1, 0.15) is 24.8 Å². The average molecular weight is 211 g/mol. The molecule has 78 valence electrons. The van der Waals surface area contributed by atoms with Crippen molar-refractivity contribution in [3.63, 3.8) is 0 Å². The first kappa shape index (κ1) is 11.3. The summed E-state index contributed by atoms with van der Waals surface area (Å²) in [6.45, 7) is 9.05. The summed E-state index contributed by atoms with van der Waals surface area (Å²) in [4.78, 5) is 1.21. The second-order valence-electron chi connectivity index (χ2n) is 3.19. The molecule has 1 N–H and O–H groups in total. The predicted molar refractivity (Wildman–Crippen MR) is 62.1 cm³/mol. The van der Waals surface area contributed by atoms with E-state index in [0.29, 0.717) is 0 Å². The Morgan fingerprint density at radius 1 is 1.71 bits per heavy atom. The Balaban J connectivity index is 2.92. The fourth-order valence-electron chi connectivity index (χ4n) is 1.38. The van der Waals surface area contributed by atoms with Crippen molar-refractivity contribution in [1.82, 2.24) is 5.32 Å². The second-order valence-corrected chi connectivity index (χ2v) is 4.14. The summed E-state index contributed by atoms with van der Waals surface area (Å²) in [6, 6.07) is 2.21. The molecule has 2 nitrogen and oxygen atoms in total. The maximum absolute atomic E-state index is 5.29. The van der Waals surface area contributed by atoms with E-state index >= 15 is 0 Å². The molecule has 1 aromatic heterocycles. The minimum atomic E-state index is 0.218. The molecule has 0 aliphatic rings. The fraction of sp³-hybridized carbons (Fsp3) is 0.455. The van der Waals surface area contributed by atoms with Crippen molar-refractivity contribution in [1.29, 1.82) is 0 Å². The van der Waals surface area contributed by atoms with Gasteiger partial charge in [0.15, 0.2) is 0 Å². The van der Waals surface area contributed by atoms with Gasteiger partial charge in [-0.2, -0.15) is 0 Å². The van der Waals surface area contributed by atoms with Gasteiger partial charge in [-0.1, -0.05) is 19.1 Å². The molecule has 0 radical (unpaired) electrons. The topological polar surface area (TPSA) is 21.3 Å². The van der Waals surface area contributed by atoms with E-state index in [0.717, 1.165) is 17.9 Å². The first-order valence-corrected chi connectivity index (χ1v) is 5.58. The molecule has 1 rings (SSSR count). The van der Waals surface area contributed by atoms with Gasteiger partial charge in [0, 0.05) is 0 Å². The fourth-order valence-corrected chi connectivity index (χ4v) is 2.41. The van der Waals surface area contributed by atoms with Gasteiger partial charge in [-0.15, -0.1) is 11.3 Å². The van der Waals surface area contributed by atoms with Crippen LogP contribution in [0.15, 0.2) is 23.6 Å². The highest BCUT2D eigenvalue weighted by molar-refractivity contribution is 7.10. The Morgan fingerprint density at radius 3 is 2.93 bits per heavy atom. The molecule has 0 saturated carbocycles. The molecular weight excluding hydrogens is 194 g/mol. The third kappa shape index (κ3) is 2.36. The van der Waals surface area contributed by atoms with E-state index < -0.39 is 0 Å². The lowest BCUT2D eigenvalue weighted by Gasteiger charge is -2.17. The lowest BCUT2D eigenvalue weighted by atomic mass is 10.1. The zero-order valence-corrected chi connectivity index (χ0v) is 9.78. The zero-order chi connectivity index (χ0) is 10.6. The van der Waals surface area contributed by atoms with Crippen LogP contribution in [-0.2, 0) is 0 Å². The molecular formula is C11H17NOS. The predicted octanol–water partition coefficient (Wildman–Crippen LogP) is 2.98. The number of ether oxygens (including phenoxy) is 1. The lowest BCUT2D eigenvalue weighted by molar-refractivity contribution is 0.407. The SMILES string of the molecule is C=C(C)C(NCC)c1sccc1OC. The molecule has 0 bridgehead atoms. The van der Waals surface area contributed by atoms with Crippen LogP contribution in [0, 0.1) is 0 Å². The molecule has 3 heteroatoms. The number of hydrogen-bond donors (Lipinski definition) is 1. The molecule has 1 aromatic rings. The van der Waals surface area contributed by atoms with Gasteiger partial charge < -0.3 is 10.1 Å². The highest BCUT2D eigenvalue weighted by atomic mass is 32.1. The van der Waals surface area contributed by atoms with E-state index in [-0.39, 0.29) is 6.04 Å². The second kappa shape index (κ2) is 5.17. The monoisotopic (exact) mass is 211 g/mol. The Kier molecular flexibility index (Phi) is 4.17. The number of nitrogens with one attached hydrogen (secondary N) is 1. The summed E-state index contributed by atoms with van der Waals surface area (Å²) in [7, 11) is 1.70. The smallest absolute Gasteiger partial charge is 0.134 e. The van der Waals surface area contributed by atoms with Crippen LogP contribution >= 0.6 is 11.3 Å². The van der Waals surface area contributed by atoms with Crippen LogP contribution in [0.25, 0.3) is 0 Å². The van der Waals surface area contributed by atoms with Gasteiger partial charge in [0.25, 0.3) is 0 Å². The van der Waals surface area contributed by atoms with Gasteiger partial charge in [0.05, 0.1) is 18.0 Å². The van der Waals surface area contributed by atoms with Gasteiger partial charge in [-0.25, -0.2) is 0 Å². The standard InChI is InChI=1S/C11H17NOS/c1-5-12-10(8(2)3)11-9(13-4)6-7-14-11/h6-7,10,12H,2,5H2,1,3-4H3. The normalized spacial score (nSPS) is 12.5. The van der Waals surface area contributed by atoms with Gasteiger partial charge >= 0.3 is 0 Å². The zero-order valence-electron chi connectivity index (χ0n) is 8.96. The quantitative estimate of drug-likeness (QED) is 0.756. The van der Waals surface area contributed by atoms with Crippen molar-refractivity contribution in [2.45, 2.75) is 19.9 Å². The van der Waals surface area contributed by atoms with Gasteiger partial charge in [-0.05, 0) is 24.9 Å². The maximum Gasteiger partial charge on any atom is 0.134 e. The highest BCUT2D eigenvalue weighted by Gasteiger charge is 2.16. The van der Waals surface area contributed by atoms with E-state index in [1.807, 2.05) is 18.4 Å². The first-order chi connectivity index (χ1) is 6.70. The summed E-state index contributed by atoms with van der Waals surface area (Å²) < 4.78 is 5.29. The number of thiophene rings is 1. The largest absolute Gasteiger partial charge is 0.496 e. The molecule has 0 saturated heterocycles. The minimum Gasteiger partial charge on any atom is -0.496 e. The molecule has 1 unspecified atom stereocenters. The van der Waals surface area contributed by atoms with Crippen LogP contribution in [0.3, 0.4) is 0 Å². The molecule has 0 aromatic carbocycles. The van der Waals surface area contributed by atoms with Gasteiger partial charge in [0.1, 0.15) is 5.75 Å². The minimum absolute atomic E-state index is 0.218. The van der Waals surface area contributed by atoms with Crippen LogP contribution in [0.2, 0.25) is 0 Å². The van der Waals surface area contributed by atoms with Crippen LogP contribution in [0.4, 0.5) is 0 Å². The van der Waals surface area contributed by atoms with Crippen LogP contribution in [-0.4, -0.2) is 13.7 Å². The molecule has 0 spiro atoms. The van der Waals surface area contributed by atoms with E-state index in [4.69, 9.17) is 4.74 Å². The Hall–Kier alpha value is -0.800. The summed E-state index contributed by atoms with van der Waals surface area (Å²) in [5.41, 5.74) is 1.12. The lowest BCUT2D eigenvalue weighted by Crippen LogP contribution is -2.21. The Bertz CT molecular complexity index is 306. The van der Waals surface area contributed by atoms with Gasteiger partial charge in [0.2, 0.25) is 0 Å². The number of likely N-dealkylation sites (N-methyl/N-ethyl adjacent to an activating group) is 1. The van der Waals surface area contributed by atoms with E-state index in [1.165, 1.54) is 4.88 Å². The van der Waals surface area contributed by atoms with Crippen molar-refractivity contribution in [2.75, 3.05) is 13.7 Å². The maximum atomic E-state index is 5.29. The molecule has 1 atom stereocenters. The van der Waals surface area contributed by atoms with Crippen molar-refractivity contribution < 1.29 is 4.74 Å². The van der Waals surface area contributed by atoms with Gasteiger partial charge in [-0.3, -0.25) is 0 Å². The molecule has 14 heavy (non-hydrogen) atoms. The third-order valence-corrected chi connectivity index (χ3v) is 3.00. The van der Waals surface area contributed by atoms with Crippen molar-refractivity contribution in [3.05, 3.63) is 28.5 Å². The Labute approximate surface area is 89.6 Å². The van der Waals surface area contributed by atoms with E-state index in [2.05, 4.69) is 18.8 Å². The Morgan fingerprint density at radius 2 is 2.43 bits per heavy atom.